The molecular formula is C20H31N3O5S2. The number of likely N-dealkylation sites (tertiary alicyclic amines) is 1. The maximum absolute atomic E-state index is 12.7. The van der Waals surface area contributed by atoms with Crippen molar-refractivity contribution in [3.05, 3.63) is 24.3 Å². The molecule has 0 aliphatic carbocycles. The molecule has 1 fully saturated rings. The molecule has 1 aromatic rings. The van der Waals surface area contributed by atoms with Crippen LogP contribution in [0.4, 0.5) is 5.69 Å². The lowest BCUT2D eigenvalue weighted by atomic mass is 10.2. The molecule has 0 spiro atoms. The number of anilines is 1. The minimum atomic E-state index is -3.94. The van der Waals surface area contributed by atoms with E-state index in [1.807, 2.05) is 18.9 Å². The standard InChI is InChI=1S/C20H31N3O5S2/c1-3-4-8-14-29(25,26)16-20(24)21-17-10-9-11-18(15-17)30(27,28)22-19-12-6-5-7-13-23(19)2/h9-11,15H,3-8,12-14,16H2,1-2H3,(H,21,24)/b22-19-. The van der Waals surface area contributed by atoms with Crippen LogP contribution in [0.1, 0.15) is 51.9 Å². The van der Waals surface area contributed by atoms with Gasteiger partial charge < -0.3 is 10.2 Å². The molecule has 1 aliphatic heterocycles. The zero-order valence-electron chi connectivity index (χ0n) is 17.6. The molecule has 1 aromatic carbocycles. The minimum Gasteiger partial charge on any atom is -0.362 e. The van der Waals surface area contributed by atoms with Crippen LogP contribution < -0.4 is 5.32 Å². The maximum Gasteiger partial charge on any atom is 0.284 e. The van der Waals surface area contributed by atoms with E-state index < -0.39 is 31.5 Å². The third-order valence-corrected chi connectivity index (χ3v) is 7.80. The summed E-state index contributed by atoms with van der Waals surface area (Å²) < 4.78 is 53.6. The number of amidine groups is 1. The van der Waals surface area contributed by atoms with Crippen molar-refractivity contribution in [2.75, 3.05) is 30.4 Å². The summed E-state index contributed by atoms with van der Waals surface area (Å²) in [7, 11) is -5.61. The average Bonchev–Trinajstić information content (AvgIpc) is 2.85. The highest BCUT2D eigenvalue weighted by Gasteiger charge is 2.20. The number of hydrogen-bond donors (Lipinski definition) is 1. The van der Waals surface area contributed by atoms with Crippen LogP contribution >= 0.6 is 0 Å². The summed E-state index contributed by atoms with van der Waals surface area (Å²) in [6, 6.07) is 5.73. The summed E-state index contributed by atoms with van der Waals surface area (Å²) in [5.41, 5.74) is 0.222. The van der Waals surface area contributed by atoms with Gasteiger partial charge in [0.25, 0.3) is 10.0 Å². The first kappa shape index (κ1) is 24.3. The summed E-state index contributed by atoms with van der Waals surface area (Å²) in [6.07, 6.45) is 5.73. The van der Waals surface area contributed by atoms with Gasteiger partial charge in [0.05, 0.1) is 10.6 Å². The second kappa shape index (κ2) is 10.9. The van der Waals surface area contributed by atoms with Gasteiger partial charge in [-0.1, -0.05) is 32.3 Å². The summed E-state index contributed by atoms with van der Waals surface area (Å²) >= 11 is 0. The number of carbonyl (C=O) groups excluding carboxylic acids is 1. The van der Waals surface area contributed by atoms with Gasteiger partial charge in [-0.05, 0) is 37.5 Å². The summed E-state index contributed by atoms with van der Waals surface area (Å²) in [4.78, 5) is 14.0. The molecule has 1 saturated heterocycles. The predicted octanol–water partition coefficient (Wildman–Crippen LogP) is 2.82. The molecular weight excluding hydrogens is 426 g/mol. The van der Waals surface area contributed by atoms with Crippen molar-refractivity contribution in [1.82, 2.24) is 4.90 Å². The zero-order valence-corrected chi connectivity index (χ0v) is 19.3. The number of sulfone groups is 1. The first-order chi connectivity index (χ1) is 14.1. The molecule has 0 radical (unpaired) electrons. The molecule has 0 saturated carbocycles. The largest absolute Gasteiger partial charge is 0.362 e. The molecule has 1 heterocycles. The number of benzene rings is 1. The smallest absolute Gasteiger partial charge is 0.284 e. The predicted molar refractivity (Wildman–Crippen MR) is 119 cm³/mol. The van der Waals surface area contributed by atoms with E-state index in [1.165, 1.54) is 24.3 Å². The molecule has 0 atom stereocenters. The van der Waals surface area contributed by atoms with E-state index in [2.05, 4.69) is 9.71 Å². The quantitative estimate of drug-likeness (QED) is 0.571. The molecule has 1 amide bonds. The van der Waals surface area contributed by atoms with Crippen LogP contribution in [0, 0.1) is 0 Å². The number of amides is 1. The van der Waals surface area contributed by atoms with Crippen LogP contribution in [0.15, 0.2) is 33.6 Å². The normalized spacial score (nSPS) is 17.0. The Morgan fingerprint density at radius 3 is 2.63 bits per heavy atom. The average molecular weight is 458 g/mol. The molecule has 1 aliphatic rings. The van der Waals surface area contributed by atoms with E-state index in [9.17, 15) is 21.6 Å². The fourth-order valence-electron chi connectivity index (χ4n) is 3.21. The second-order valence-corrected chi connectivity index (χ2v) is 11.4. The van der Waals surface area contributed by atoms with Crippen molar-refractivity contribution in [3.8, 4) is 0 Å². The zero-order chi connectivity index (χ0) is 22.2. The van der Waals surface area contributed by atoms with Crippen LogP contribution in [0.3, 0.4) is 0 Å². The Labute approximate surface area is 179 Å². The molecule has 0 bridgehead atoms. The van der Waals surface area contributed by atoms with Crippen LogP contribution in [0.25, 0.3) is 0 Å². The van der Waals surface area contributed by atoms with E-state index in [0.29, 0.717) is 18.7 Å². The number of sulfonamides is 1. The summed E-state index contributed by atoms with van der Waals surface area (Å²) in [5.74, 6) is -0.815. The third-order valence-electron chi connectivity index (χ3n) is 4.89. The molecule has 2 rings (SSSR count). The Morgan fingerprint density at radius 1 is 1.13 bits per heavy atom. The van der Waals surface area contributed by atoms with Crippen molar-refractivity contribution < 1.29 is 21.6 Å². The number of nitrogens with one attached hydrogen (secondary N) is 1. The Balaban J connectivity index is 2.10. The SMILES string of the molecule is CCCCCS(=O)(=O)CC(=O)Nc1cccc(S(=O)(=O)/N=C2/CCCCCN2C)c1. The Bertz CT molecular complexity index is 972. The van der Waals surface area contributed by atoms with E-state index in [-0.39, 0.29) is 16.3 Å². The molecule has 30 heavy (non-hydrogen) atoms. The minimum absolute atomic E-state index is 0.0340. The molecule has 168 valence electrons. The number of hydrogen-bond acceptors (Lipinski definition) is 5. The van der Waals surface area contributed by atoms with Gasteiger partial charge in [0.2, 0.25) is 5.91 Å². The van der Waals surface area contributed by atoms with Gasteiger partial charge in [-0.25, -0.2) is 8.42 Å². The first-order valence-corrected chi connectivity index (χ1v) is 13.5. The van der Waals surface area contributed by atoms with E-state index in [0.717, 1.165) is 38.6 Å². The second-order valence-electron chi connectivity index (χ2n) is 7.59. The maximum atomic E-state index is 12.7. The van der Waals surface area contributed by atoms with Gasteiger partial charge in [-0.15, -0.1) is 4.40 Å². The van der Waals surface area contributed by atoms with Gasteiger partial charge >= 0.3 is 0 Å². The Morgan fingerprint density at radius 2 is 1.90 bits per heavy atom. The van der Waals surface area contributed by atoms with E-state index in [1.54, 1.807) is 0 Å². The first-order valence-electron chi connectivity index (χ1n) is 10.3. The van der Waals surface area contributed by atoms with Crippen LogP contribution in [-0.2, 0) is 24.7 Å². The lowest BCUT2D eigenvalue weighted by Crippen LogP contribution is -2.27. The van der Waals surface area contributed by atoms with Crippen molar-refractivity contribution in [1.29, 1.82) is 0 Å². The highest BCUT2D eigenvalue weighted by Crippen LogP contribution is 2.20. The molecule has 10 heteroatoms. The van der Waals surface area contributed by atoms with Crippen LogP contribution in [0.5, 0.6) is 0 Å². The lowest BCUT2D eigenvalue weighted by molar-refractivity contribution is -0.113. The number of rotatable bonds is 9. The fraction of sp³-hybridized carbons (Fsp3) is 0.600. The molecule has 0 unspecified atom stereocenters. The Kier molecular flexibility index (Phi) is 8.84. The van der Waals surface area contributed by atoms with Gasteiger partial charge in [0.1, 0.15) is 11.6 Å². The third kappa shape index (κ3) is 7.71. The summed E-state index contributed by atoms with van der Waals surface area (Å²) in [5, 5.41) is 2.48. The Hall–Kier alpha value is -1.94. The van der Waals surface area contributed by atoms with Crippen molar-refractivity contribution in [3.63, 3.8) is 0 Å². The van der Waals surface area contributed by atoms with Gasteiger partial charge in [0.15, 0.2) is 9.84 Å². The van der Waals surface area contributed by atoms with Gasteiger partial charge in [-0.2, -0.15) is 8.42 Å². The van der Waals surface area contributed by atoms with E-state index in [4.69, 9.17) is 0 Å². The molecule has 8 nitrogen and oxygen atoms in total. The lowest BCUT2D eigenvalue weighted by Gasteiger charge is -2.17. The fourth-order valence-corrected chi connectivity index (χ4v) is 5.61. The van der Waals surface area contributed by atoms with Crippen molar-refractivity contribution in [2.45, 2.75) is 56.8 Å². The monoisotopic (exact) mass is 457 g/mol. The van der Waals surface area contributed by atoms with E-state index >= 15 is 0 Å². The highest BCUT2D eigenvalue weighted by molar-refractivity contribution is 7.92. The van der Waals surface area contributed by atoms with Crippen LogP contribution in [-0.4, -0.2) is 58.6 Å². The highest BCUT2D eigenvalue weighted by atomic mass is 32.2. The van der Waals surface area contributed by atoms with Gasteiger partial charge in [-0.3, -0.25) is 4.79 Å². The topological polar surface area (TPSA) is 113 Å². The summed E-state index contributed by atoms with van der Waals surface area (Å²) in [6.45, 7) is 2.73. The molecule has 1 N–H and O–H groups in total. The van der Waals surface area contributed by atoms with Crippen molar-refractivity contribution in [2.24, 2.45) is 4.40 Å². The molecule has 0 aromatic heterocycles. The van der Waals surface area contributed by atoms with Gasteiger partial charge in [0, 0.05) is 25.7 Å². The number of nitrogens with zero attached hydrogens (tertiary/aromatic N) is 2. The van der Waals surface area contributed by atoms with Crippen molar-refractivity contribution >= 4 is 37.3 Å². The number of unbranched alkanes of at least 4 members (excludes halogenated alkanes) is 2. The van der Waals surface area contributed by atoms with Crippen LogP contribution in [0.2, 0.25) is 0 Å². The number of carbonyl (C=O) groups is 1.